The lowest BCUT2D eigenvalue weighted by molar-refractivity contribution is 0.0774. The Morgan fingerprint density at radius 2 is 1.62 bits per heavy atom. The van der Waals surface area contributed by atoms with Crippen molar-refractivity contribution in [2.75, 3.05) is 7.05 Å². The van der Waals surface area contributed by atoms with Crippen molar-refractivity contribution < 1.29 is 0 Å². The maximum atomic E-state index is 3.67. The monoisotopic (exact) mass is 223 g/mol. The molecular weight excluding hydrogens is 194 g/mol. The molecule has 2 aliphatic carbocycles. The lowest BCUT2D eigenvalue weighted by Crippen LogP contribution is -2.47. The molecule has 0 heterocycles. The highest BCUT2D eigenvalue weighted by Crippen LogP contribution is 2.45. The molecular formula is C15H29N. The van der Waals surface area contributed by atoms with Crippen molar-refractivity contribution in [3.05, 3.63) is 0 Å². The molecule has 1 nitrogen and oxygen atoms in total. The smallest absolute Gasteiger partial charge is 0.0126 e. The van der Waals surface area contributed by atoms with Gasteiger partial charge in [-0.3, -0.25) is 0 Å². The molecule has 2 rings (SSSR count). The van der Waals surface area contributed by atoms with Crippen LogP contribution in [-0.4, -0.2) is 13.1 Å². The minimum absolute atomic E-state index is 0.564. The summed E-state index contributed by atoms with van der Waals surface area (Å²) in [5.41, 5.74) is 0.564. The Labute approximate surface area is 101 Å². The molecule has 2 aliphatic rings. The summed E-state index contributed by atoms with van der Waals surface area (Å²) in [6, 6.07) is 0.790. The minimum atomic E-state index is 0.564. The molecule has 0 aromatic heterocycles. The second-order valence-corrected chi connectivity index (χ2v) is 6.70. The molecule has 1 heteroatoms. The minimum Gasteiger partial charge on any atom is -0.316 e. The molecule has 2 fully saturated rings. The lowest BCUT2D eigenvalue weighted by Gasteiger charge is -2.45. The summed E-state index contributed by atoms with van der Waals surface area (Å²) in [6.07, 6.45) is 11.7. The van der Waals surface area contributed by atoms with Crippen molar-refractivity contribution in [1.29, 1.82) is 0 Å². The fourth-order valence-electron chi connectivity index (χ4n) is 4.27. The molecule has 0 amide bonds. The number of rotatable bonds is 3. The predicted octanol–water partition coefficient (Wildman–Crippen LogP) is 3.98. The molecule has 0 bridgehead atoms. The van der Waals surface area contributed by atoms with Gasteiger partial charge in [0, 0.05) is 6.04 Å². The average Bonchev–Trinajstić information content (AvgIpc) is 2.75. The first-order chi connectivity index (χ1) is 7.65. The highest BCUT2D eigenvalue weighted by Gasteiger charge is 2.40. The van der Waals surface area contributed by atoms with Crippen LogP contribution >= 0.6 is 0 Å². The number of hydrogen-bond acceptors (Lipinski definition) is 1. The molecule has 0 aliphatic heterocycles. The van der Waals surface area contributed by atoms with Gasteiger partial charge in [0.05, 0.1) is 0 Å². The van der Waals surface area contributed by atoms with Crippen LogP contribution in [0.2, 0.25) is 0 Å². The van der Waals surface area contributed by atoms with E-state index in [4.69, 9.17) is 0 Å². The molecule has 0 aromatic carbocycles. The largest absolute Gasteiger partial charge is 0.316 e. The van der Waals surface area contributed by atoms with Gasteiger partial charge in [-0.2, -0.15) is 0 Å². The molecule has 0 spiro atoms. The van der Waals surface area contributed by atoms with Gasteiger partial charge in [0.2, 0.25) is 0 Å². The van der Waals surface area contributed by atoms with E-state index in [2.05, 4.69) is 26.2 Å². The van der Waals surface area contributed by atoms with E-state index in [0.717, 1.165) is 17.9 Å². The average molecular weight is 223 g/mol. The molecule has 2 unspecified atom stereocenters. The summed E-state index contributed by atoms with van der Waals surface area (Å²) in [5.74, 6) is 1.88. The zero-order chi connectivity index (χ0) is 11.6. The molecule has 2 atom stereocenters. The van der Waals surface area contributed by atoms with Gasteiger partial charge < -0.3 is 5.32 Å². The van der Waals surface area contributed by atoms with E-state index in [0.29, 0.717) is 5.41 Å². The van der Waals surface area contributed by atoms with Gasteiger partial charge in [-0.1, -0.05) is 39.5 Å². The van der Waals surface area contributed by atoms with Gasteiger partial charge >= 0.3 is 0 Å². The van der Waals surface area contributed by atoms with Crippen LogP contribution in [-0.2, 0) is 0 Å². The molecule has 0 saturated heterocycles. The summed E-state index contributed by atoms with van der Waals surface area (Å²) in [5, 5.41) is 3.67. The van der Waals surface area contributed by atoms with E-state index >= 15 is 0 Å². The fourth-order valence-corrected chi connectivity index (χ4v) is 4.27. The van der Waals surface area contributed by atoms with E-state index in [9.17, 15) is 0 Å². The standard InChI is InChI=1S/C15H29N/c1-15(2)11-7-6-10-13(15)14(16-3)12-8-4-5-9-12/h12-14,16H,4-11H2,1-3H3. The van der Waals surface area contributed by atoms with E-state index in [1.807, 2.05) is 0 Å². The normalized spacial score (nSPS) is 32.8. The Kier molecular flexibility index (Phi) is 3.94. The Morgan fingerprint density at radius 1 is 1.00 bits per heavy atom. The van der Waals surface area contributed by atoms with E-state index < -0.39 is 0 Å². The summed E-state index contributed by atoms with van der Waals surface area (Å²) >= 11 is 0. The van der Waals surface area contributed by atoms with Crippen LogP contribution in [0.15, 0.2) is 0 Å². The van der Waals surface area contributed by atoms with E-state index in [1.165, 1.54) is 51.4 Å². The van der Waals surface area contributed by atoms with Crippen LogP contribution in [0.25, 0.3) is 0 Å². The molecule has 1 N–H and O–H groups in total. The van der Waals surface area contributed by atoms with Crippen LogP contribution in [0.5, 0.6) is 0 Å². The number of nitrogens with one attached hydrogen (secondary N) is 1. The Balaban J connectivity index is 2.06. The first-order valence-electron chi connectivity index (χ1n) is 7.32. The quantitative estimate of drug-likeness (QED) is 0.763. The van der Waals surface area contributed by atoms with Crippen LogP contribution in [0, 0.1) is 17.3 Å². The topological polar surface area (TPSA) is 12.0 Å². The third-order valence-corrected chi connectivity index (χ3v) is 5.26. The maximum Gasteiger partial charge on any atom is 0.0126 e. The van der Waals surface area contributed by atoms with Crippen molar-refractivity contribution in [1.82, 2.24) is 5.32 Å². The maximum absolute atomic E-state index is 3.67. The van der Waals surface area contributed by atoms with Crippen molar-refractivity contribution in [2.45, 2.75) is 71.3 Å². The van der Waals surface area contributed by atoms with E-state index in [-0.39, 0.29) is 0 Å². The van der Waals surface area contributed by atoms with Gasteiger partial charge in [-0.05, 0) is 50.0 Å². The molecule has 2 saturated carbocycles. The zero-order valence-corrected chi connectivity index (χ0v) is 11.4. The summed E-state index contributed by atoms with van der Waals surface area (Å²) in [7, 11) is 2.19. The SMILES string of the molecule is CNC(C1CCCC1)C1CCCCC1(C)C. The van der Waals surface area contributed by atoms with Crippen molar-refractivity contribution in [2.24, 2.45) is 17.3 Å². The third kappa shape index (κ3) is 2.45. The van der Waals surface area contributed by atoms with E-state index in [1.54, 1.807) is 0 Å². The van der Waals surface area contributed by atoms with Crippen molar-refractivity contribution in [3.63, 3.8) is 0 Å². The molecule has 16 heavy (non-hydrogen) atoms. The Bertz CT molecular complexity index is 215. The highest BCUT2D eigenvalue weighted by molar-refractivity contribution is 4.94. The first-order valence-corrected chi connectivity index (χ1v) is 7.32. The molecule has 0 radical (unpaired) electrons. The van der Waals surface area contributed by atoms with Crippen LogP contribution in [0.1, 0.15) is 65.2 Å². The second-order valence-electron chi connectivity index (χ2n) is 6.70. The molecule has 0 aromatic rings. The van der Waals surface area contributed by atoms with Gasteiger partial charge in [0.1, 0.15) is 0 Å². The highest BCUT2D eigenvalue weighted by atomic mass is 14.9. The van der Waals surface area contributed by atoms with Gasteiger partial charge in [0.15, 0.2) is 0 Å². The van der Waals surface area contributed by atoms with Crippen LogP contribution in [0.3, 0.4) is 0 Å². The van der Waals surface area contributed by atoms with Crippen molar-refractivity contribution in [3.8, 4) is 0 Å². The Hall–Kier alpha value is -0.0400. The first kappa shape index (κ1) is 12.4. The predicted molar refractivity (Wildman–Crippen MR) is 70.5 cm³/mol. The van der Waals surface area contributed by atoms with Crippen LogP contribution in [0.4, 0.5) is 0 Å². The Morgan fingerprint density at radius 3 is 2.19 bits per heavy atom. The zero-order valence-electron chi connectivity index (χ0n) is 11.4. The summed E-state index contributed by atoms with van der Waals surface area (Å²) in [4.78, 5) is 0. The number of hydrogen-bond donors (Lipinski definition) is 1. The van der Waals surface area contributed by atoms with Gasteiger partial charge in [-0.15, -0.1) is 0 Å². The van der Waals surface area contributed by atoms with Crippen molar-refractivity contribution >= 4 is 0 Å². The molecule has 94 valence electrons. The lowest BCUT2D eigenvalue weighted by atomic mass is 9.63. The van der Waals surface area contributed by atoms with Gasteiger partial charge in [-0.25, -0.2) is 0 Å². The second kappa shape index (κ2) is 5.08. The summed E-state index contributed by atoms with van der Waals surface area (Å²) < 4.78 is 0. The summed E-state index contributed by atoms with van der Waals surface area (Å²) in [6.45, 7) is 4.99. The van der Waals surface area contributed by atoms with Crippen LogP contribution < -0.4 is 5.32 Å². The fraction of sp³-hybridized carbons (Fsp3) is 1.00. The van der Waals surface area contributed by atoms with Gasteiger partial charge in [0.25, 0.3) is 0 Å². The third-order valence-electron chi connectivity index (χ3n) is 5.26.